The third kappa shape index (κ3) is 11.9. The van der Waals surface area contributed by atoms with Crippen LogP contribution in [0, 0.1) is 12.8 Å². The van der Waals surface area contributed by atoms with E-state index in [2.05, 4.69) is 20.8 Å². The molecule has 0 aromatic carbocycles. The van der Waals surface area contributed by atoms with E-state index in [4.69, 9.17) is 0 Å². The Hall–Kier alpha value is 1.19. The topological polar surface area (TPSA) is 0 Å². The van der Waals surface area contributed by atoms with Gasteiger partial charge in [-0.1, -0.05) is 39.5 Å². The van der Waals surface area contributed by atoms with Crippen LogP contribution >= 0.6 is 0 Å². The maximum absolute atomic E-state index is 3.99. The van der Waals surface area contributed by atoms with Crippen molar-refractivity contribution in [2.45, 2.75) is 39.5 Å². The van der Waals surface area contributed by atoms with E-state index in [1.165, 1.54) is 25.7 Å². The summed E-state index contributed by atoms with van der Waals surface area (Å²) in [5.41, 5.74) is 0. The zero-order valence-corrected chi connectivity index (χ0v) is 8.11. The fraction of sp³-hybridized carbons (Fsp3) is 0.875. The molecule has 0 radical (unpaired) electrons. The van der Waals surface area contributed by atoms with E-state index in [-0.39, 0.29) is 39.1 Å². The van der Waals surface area contributed by atoms with Gasteiger partial charge >= 0.3 is 37.7 Å². The van der Waals surface area contributed by atoms with Crippen LogP contribution in [0.2, 0.25) is 0 Å². The molecule has 0 N–H and O–H groups in total. The van der Waals surface area contributed by atoms with Crippen LogP contribution in [0.15, 0.2) is 0 Å². The molecule has 0 fully saturated rings. The second kappa shape index (κ2) is 12.8. The van der Waals surface area contributed by atoms with Gasteiger partial charge in [0, 0.05) is 0 Å². The molecule has 0 aliphatic rings. The van der Waals surface area contributed by atoms with Gasteiger partial charge in [0.15, 0.2) is 0 Å². The maximum atomic E-state index is 3.99. The summed E-state index contributed by atoms with van der Waals surface area (Å²) in [5.74, 6) is 0.704. The molecule has 52 valence electrons. The van der Waals surface area contributed by atoms with Gasteiger partial charge in [0.05, 0.1) is 0 Å². The summed E-state index contributed by atoms with van der Waals surface area (Å²) in [6.07, 6.45) is 5.21. The molecule has 0 aliphatic carbocycles. The summed E-state index contributed by atoms with van der Waals surface area (Å²) < 4.78 is 0. The number of hydrogen-bond acceptors (Lipinski definition) is 0. The summed E-state index contributed by atoms with van der Waals surface area (Å²) in [5, 5.41) is 0. The molecule has 0 amide bonds. The van der Waals surface area contributed by atoms with Gasteiger partial charge in [0.25, 0.3) is 0 Å². The van der Waals surface area contributed by atoms with Crippen LogP contribution in [-0.2, 0) is 0 Å². The van der Waals surface area contributed by atoms with E-state index in [9.17, 15) is 0 Å². The average molecular weight is 128 g/mol. The molecule has 0 saturated heterocycles. The minimum Gasteiger partial charge on any atom is -1.00 e. The molecule has 10 heavy (non-hydrogen) atoms. The molecular formula is C8H18Li2. The zero-order valence-electron chi connectivity index (χ0n) is 9.11. The fourth-order valence-corrected chi connectivity index (χ4v) is 0.697. The van der Waals surface area contributed by atoms with Crippen molar-refractivity contribution in [3.63, 3.8) is 0 Å². The normalized spacial score (nSPS) is 11.1. The third-order valence-corrected chi connectivity index (χ3v) is 1.54. The van der Waals surface area contributed by atoms with E-state index >= 15 is 0 Å². The van der Waals surface area contributed by atoms with Crippen molar-refractivity contribution in [1.82, 2.24) is 0 Å². The minimum absolute atomic E-state index is 0. The molecule has 1 unspecified atom stereocenters. The monoisotopic (exact) mass is 128 g/mol. The summed E-state index contributed by atoms with van der Waals surface area (Å²) >= 11 is 0. The van der Waals surface area contributed by atoms with Crippen LogP contribution in [0.3, 0.4) is 0 Å². The maximum Gasteiger partial charge on any atom is 1.00 e. The van der Waals surface area contributed by atoms with Gasteiger partial charge in [-0.05, 0) is 0 Å². The minimum atomic E-state index is 0. The van der Waals surface area contributed by atoms with Crippen molar-refractivity contribution in [2.24, 2.45) is 5.92 Å². The van der Waals surface area contributed by atoms with Gasteiger partial charge < -0.3 is 8.35 Å². The van der Waals surface area contributed by atoms with Crippen LogP contribution in [-0.4, -0.2) is 0 Å². The van der Waals surface area contributed by atoms with Crippen molar-refractivity contribution in [2.75, 3.05) is 0 Å². The van der Waals surface area contributed by atoms with E-state index in [1.807, 2.05) is 0 Å². The molecular weight excluding hydrogens is 110 g/mol. The Labute approximate surface area is 91.4 Å². The Morgan fingerprint density at radius 3 is 2.10 bits per heavy atom. The van der Waals surface area contributed by atoms with Crippen molar-refractivity contribution >= 4 is 0 Å². The average Bonchev–Trinajstić information content (AvgIpc) is 1.83. The molecule has 0 bridgehead atoms. The molecule has 0 saturated carbocycles. The number of hydrogen-bond donors (Lipinski definition) is 0. The number of unbranched alkanes of at least 4 members (excludes halogenated alkanes) is 1. The SMILES string of the molecule is [CH2-]C(CC)CCCC.[H-].[Li+].[Li+]. The van der Waals surface area contributed by atoms with Crippen LogP contribution < -0.4 is 37.7 Å². The molecule has 0 aromatic rings. The Morgan fingerprint density at radius 2 is 1.80 bits per heavy atom. The van der Waals surface area contributed by atoms with Crippen LogP contribution in [0.5, 0.6) is 0 Å². The fourth-order valence-electron chi connectivity index (χ4n) is 0.697. The van der Waals surface area contributed by atoms with E-state index in [0.717, 1.165) is 0 Å². The van der Waals surface area contributed by atoms with Gasteiger partial charge in [-0.2, -0.15) is 5.92 Å². The smallest absolute Gasteiger partial charge is 1.00 e. The quantitative estimate of drug-likeness (QED) is 0.282. The van der Waals surface area contributed by atoms with Crippen LogP contribution in [0.25, 0.3) is 0 Å². The van der Waals surface area contributed by atoms with E-state index in [1.54, 1.807) is 0 Å². The van der Waals surface area contributed by atoms with Crippen molar-refractivity contribution in [1.29, 1.82) is 0 Å². The molecule has 1 atom stereocenters. The predicted molar refractivity (Wildman–Crippen MR) is 39.8 cm³/mol. The van der Waals surface area contributed by atoms with Gasteiger partial charge in [0.2, 0.25) is 0 Å². The summed E-state index contributed by atoms with van der Waals surface area (Å²) in [6.45, 7) is 8.42. The first-order chi connectivity index (χ1) is 3.81. The second-order valence-corrected chi connectivity index (χ2v) is 2.42. The summed E-state index contributed by atoms with van der Waals surface area (Å²) in [6, 6.07) is 0. The van der Waals surface area contributed by atoms with Crippen molar-refractivity contribution in [3.8, 4) is 0 Å². The van der Waals surface area contributed by atoms with Crippen LogP contribution in [0.4, 0.5) is 0 Å². The van der Waals surface area contributed by atoms with Crippen LogP contribution in [0.1, 0.15) is 41.0 Å². The first-order valence-corrected chi connectivity index (χ1v) is 3.64. The number of rotatable bonds is 4. The van der Waals surface area contributed by atoms with E-state index in [0.29, 0.717) is 5.92 Å². The van der Waals surface area contributed by atoms with Gasteiger partial charge in [0.1, 0.15) is 0 Å². The summed E-state index contributed by atoms with van der Waals surface area (Å²) in [4.78, 5) is 0. The van der Waals surface area contributed by atoms with Gasteiger partial charge in [-0.15, -0.1) is 0 Å². The van der Waals surface area contributed by atoms with Gasteiger partial charge in [-0.25, -0.2) is 0 Å². The Bertz CT molecular complexity index is 51.4. The Kier molecular flexibility index (Phi) is 22.2. The Morgan fingerprint density at radius 1 is 1.30 bits per heavy atom. The predicted octanol–water partition coefficient (Wildman–Crippen LogP) is -2.84. The molecule has 0 heterocycles. The molecule has 0 rings (SSSR count). The molecule has 2 heteroatoms. The molecule has 0 spiro atoms. The molecule has 0 aliphatic heterocycles. The third-order valence-electron chi connectivity index (χ3n) is 1.54. The van der Waals surface area contributed by atoms with Gasteiger partial charge in [-0.3, -0.25) is 0 Å². The Balaban J connectivity index is -0.0000000817. The van der Waals surface area contributed by atoms with Crippen molar-refractivity contribution in [3.05, 3.63) is 6.92 Å². The van der Waals surface area contributed by atoms with E-state index < -0.39 is 0 Å². The summed E-state index contributed by atoms with van der Waals surface area (Å²) in [7, 11) is 0. The molecule has 0 nitrogen and oxygen atoms in total. The van der Waals surface area contributed by atoms with Crippen molar-refractivity contribution < 1.29 is 39.1 Å². The zero-order chi connectivity index (χ0) is 6.41. The first-order valence-electron chi connectivity index (χ1n) is 3.64. The second-order valence-electron chi connectivity index (χ2n) is 2.42. The standard InChI is InChI=1S/C8H17.2Li.H/c1-4-6-7-8(3)5-2;;;/h8H,3-7H2,1-2H3;;;/q-1;2*+1;-1. The first kappa shape index (κ1) is 17.3. The molecule has 0 aromatic heterocycles. The largest absolute Gasteiger partial charge is 1.00 e.